The number of halogens is 3. The molecule has 0 saturated heterocycles. The average Bonchev–Trinajstić information content (AvgIpc) is 1.82. The van der Waals surface area contributed by atoms with Gasteiger partial charge in [0.25, 0.3) is 10.2 Å². The van der Waals surface area contributed by atoms with E-state index in [1.165, 1.54) is 4.13 Å². The van der Waals surface area contributed by atoms with Crippen molar-refractivity contribution in [2.75, 3.05) is 14.1 Å². The van der Waals surface area contributed by atoms with Gasteiger partial charge < -0.3 is 0 Å². The van der Waals surface area contributed by atoms with Gasteiger partial charge in [-0.05, 0) is 0 Å². The van der Waals surface area contributed by atoms with Crippen LogP contribution in [0.1, 0.15) is 0 Å². The Hall–Kier alpha value is 0.01000. The molecule has 0 aliphatic heterocycles. The van der Waals surface area contributed by atoms with Gasteiger partial charge in [-0.25, -0.2) is 0 Å². The predicted octanol–water partition coefficient (Wildman–Crippen LogP) is 0.550. The third-order valence-electron chi connectivity index (χ3n) is 0.743. The van der Waals surface area contributed by atoms with Crippen LogP contribution in [-0.4, -0.2) is 32.3 Å². The summed E-state index contributed by atoms with van der Waals surface area (Å²) in [7, 11) is -1.76. The lowest BCUT2D eigenvalue weighted by atomic mass is 11.3. The zero-order chi connectivity index (χ0) is 9.99. The zero-order valence-electron chi connectivity index (χ0n) is 6.21. The summed E-state index contributed by atoms with van der Waals surface area (Å²) in [6, 6.07) is 0. The van der Waals surface area contributed by atoms with Crippen molar-refractivity contribution in [3.8, 4) is 0 Å². The lowest BCUT2D eigenvalue weighted by Crippen LogP contribution is -2.33. The maximum atomic E-state index is 11.5. The van der Waals surface area contributed by atoms with Crippen molar-refractivity contribution >= 4 is 22.2 Å². The van der Waals surface area contributed by atoms with Crippen molar-refractivity contribution < 1.29 is 21.6 Å². The summed E-state index contributed by atoms with van der Waals surface area (Å²) in [5.74, 6) is 0. The van der Waals surface area contributed by atoms with Crippen molar-refractivity contribution in [3.63, 3.8) is 0 Å². The maximum absolute atomic E-state index is 11.5. The predicted molar refractivity (Wildman–Crippen MR) is 39.4 cm³/mol. The third-order valence-corrected chi connectivity index (χ3v) is 3.11. The highest BCUT2D eigenvalue weighted by Gasteiger charge is 2.31. The molecule has 9 heteroatoms. The van der Waals surface area contributed by atoms with Crippen LogP contribution < -0.4 is 4.13 Å². The molecule has 0 saturated carbocycles. The Kier molecular flexibility index (Phi) is 3.82. The van der Waals surface area contributed by atoms with Crippen molar-refractivity contribution in [2.24, 2.45) is 0 Å². The van der Waals surface area contributed by atoms with Gasteiger partial charge in [-0.2, -0.15) is 25.9 Å². The second kappa shape index (κ2) is 3.81. The summed E-state index contributed by atoms with van der Waals surface area (Å²) in [4.78, 5) is 0. The molecule has 0 aliphatic carbocycles. The van der Waals surface area contributed by atoms with Gasteiger partial charge in [0, 0.05) is 26.0 Å². The van der Waals surface area contributed by atoms with Crippen molar-refractivity contribution in [1.82, 2.24) is 8.43 Å². The standard InChI is InChI=1S/C3H7F3N2O2S2/c1-8(2)12(9,10)7-11-3(4,5)6/h7H,1-2H3. The van der Waals surface area contributed by atoms with E-state index in [0.29, 0.717) is 4.31 Å². The molecule has 0 amide bonds. The SMILES string of the molecule is CN(C)S(=O)(=O)NSC(F)(F)F. The van der Waals surface area contributed by atoms with Crippen LogP contribution in [0.5, 0.6) is 0 Å². The van der Waals surface area contributed by atoms with Crippen LogP contribution in [-0.2, 0) is 10.2 Å². The molecule has 1 N–H and O–H groups in total. The van der Waals surface area contributed by atoms with E-state index in [1.807, 2.05) is 0 Å². The van der Waals surface area contributed by atoms with Gasteiger partial charge in [-0.1, -0.05) is 0 Å². The molecule has 0 atom stereocenters. The highest BCUT2D eigenvalue weighted by Crippen LogP contribution is 2.27. The number of hydrogen-bond acceptors (Lipinski definition) is 3. The largest absolute Gasteiger partial charge is 0.457 e. The molecule has 0 aliphatic rings. The van der Waals surface area contributed by atoms with E-state index in [9.17, 15) is 21.6 Å². The molecular formula is C3H7F3N2O2S2. The molecule has 0 unspecified atom stereocenters. The highest BCUT2D eigenvalue weighted by atomic mass is 32.3. The van der Waals surface area contributed by atoms with E-state index in [1.54, 1.807) is 0 Å². The molecule has 0 aromatic carbocycles. The molecule has 0 bridgehead atoms. The first-order valence-electron chi connectivity index (χ1n) is 2.59. The quantitative estimate of drug-likeness (QED) is 0.712. The topological polar surface area (TPSA) is 49.4 Å². The first-order valence-corrected chi connectivity index (χ1v) is 4.85. The Bertz CT molecular complexity index is 234. The fraction of sp³-hybridized carbons (Fsp3) is 1.00. The smallest absolute Gasteiger partial charge is 0.194 e. The molecule has 0 fully saturated rings. The maximum Gasteiger partial charge on any atom is 0.457 e. The fourth-order valence-corrected chi connectivity index (χ4v) is 1.57. The fourth-order valence-electron chi connectivity index (χ4n) is 0.174. The number of alkyl halides is 3. The minimum Gasteiger partial charge on any atom is -0.194 e. The summed E-state index contributed by atoms with van der Waals surface area (Å²) in [6.07, 6.45) is 0. The first kappa shape index (κ1) is 12.0. The summed E-state index contributed by atoms with van der Waals surface area (Å²) >= 11 is -0.811. The second-order valence-electron chi connectivity index (χ2n) is 1.92. The molecule has 12 heavy (non-hydrogen) atoms. The van der Waals surface area contributed by atoms with Crippen LogP contribution in [0.25, 0.3) is 0 Å². The van der Waals surface area contributed by atoms with Crippen LogP contribution >= 0.6 is 11.9 Å². The van der Waals surface area contributed by atoms with E-state index in [-0.39, 0.29) is 0 Å². The molecule has 0 aromatic rings. The van der Waals surface area contributed by atoms with Crippen molar-refractivity contribution in [2.45, 2.75) is 5.51 Å². The number of hydrogen-bond donors (Lipinski definition) is 1. The van der Waals surface area contributed by atoms with Crippen molar-refractivity contribution in [1.29, 1.82) is 0 Å². The second-order valence-corrected chi connectivity index (χ2v) is 4.93. The van der Waals surface area contributed by atoms with Gasteiger partial charge in [0.2, 0.25) is 0 Å². The van der Waals surface area contributed by atoms with Crippen LogP contribution in [0.4, 0.5) is 13.2 Å². The van der Waals surface area contributed by atoms with Gasteiger partial charge in [-0.3, -0.25) is 0 Å². The monoisotopic (exact) mass is 224 g/mol. The van der Waals surface area contributed by atoms with E-state index >= 15 is 0 Å². The van der Waals surface area contributed by atoms with Gasteiger partial charge in [0.05, 0.1) is 0 Å². The molecule has 0 rings (SSSR count). The minimum absolute atomic E-state index is 0.645. The Balaban J connectivity index is 4.12. The van der Waals surface area contributed by atoms with Crippen LogP contribution in [0.2, 0.25) is 0 Å². The van der Waals surface area contributed by atoms with E-state index in [2.05, 4.69) is 0 Å². The van der Waals surface area contributed by atoms with Gasteiger partial charge in [-0.15, -0.1) is 4.13 Å². The van der Waals surface area contributed by atoms with Crippen molar-refractivity contribution in [3.05, 3.63) is 0 Å². The summed E-state index contributed by atoms with van der Waals surface area (Å²) in [6.45, 7) is 0. The molecule has 0 radical (unpaired) electrons. The van der Waals surface area contributed by atoms with Crippen LogP contribution in [0, 0.1) is 0 Å². The highest BCUT2D eigenvalue weighted by molar-refractivity contribution is 8.08. The number of nitrogens with one attached hydrogen (secondary N) is 1. The first-order chi connectivity index (χ1) is 5.15. The van der Waals surface area contributed by atoms with E-state index in [4.69, 9.17) is 0 Å². The summed E-state index contributed by atoms with van der Waals surface area (Å²) in [5.41, 5.74) is -4.61. The Morgan fingerprint density at radius 3 is 2.00 bits per heavy atom. The molecule has 0 heterocycles. The molecule has 4 nitrogen and oxygen atoms in total. The number of rotatable bonds is 3. The number of nitrogens with zero attached hydrogens (tertiary/aromatic N) is 1. The van der Waals surface area contributed by atoms with E-state index < -0.39 is 27.7 Å². The lowest BCUT2D eigenvalue weighted by Gasteiger charge is -2.12. The Morgan fingerprint density at radius 2 is 1.75 bits per heavy atom. The van der Waals surface area contributed by atoms with Gasteiger partial charge in [0.1, 0.15) is 0 Å². The molecule has 74 valence electrons. The molecule has 0 aromatic heterocycles. The average molecular weight is 224 g/mol. The van der Waals surface area contributed by atoms with E-state index in [0.717, 1.165) is 14.1 Å². The van der Waals surface area contributed by atoms with Crippen LogP contribution in [0.3, 0.4) is 0 Å². The van der Waals surface area contributed by atoms with Gasteiger partial charge >= 0.3 is 5.51 Å². The minimum atomic E-state index is -4.61. The lowest BCUT2D eigenvalue weighted by molar-refractivity contribution is -0.0332. The van der Waals surface area contributed by atoms with Gasteiger partial charge in [0.15, 0.2) is 0 Å². The van der Waals surface area contributed by atoms with Crippen LogP contribution in [0.15, 0.2) is 0 Å². The summed E-state index contributed by atoms with van der Waals surface area (Å²) < 4.78 is 57.7. The molecule has 0 spiro atoms. The molecular weight excluding hydrogens is 217 g/mol. The normalized spacial score (nSPS) is 13.8. The third kappa shape index (κ3) is 4.80. The summed E-state index contributed by atoms with van der Waals surface area (Å²) in [5, 5.41) is 0. The Morgan fingerprint density at radius 1 is 1.33 bits per heavy atom. The Labute approximate surface area is 72.4 Å². The zero-order valence-corrected chi connectivity index (χ0v) is 7.85.